The summed E-state index contributed by atoms with van der Waals surface area (Å²) in [5.41, 5.74) is 1.33. The summed E-state index contributed by atoms with van der Waals surface area (Å²) in [6.07, 6.45) is 4.10. The van der Waals surface area contributed by atoms with Crippen molar-refractivity contribution < 1.29 is 0 Å². The number of hydrogen-bond acceptors (Lipinski definition) is 4. The lowest BCUT2D eigenvalue weighted by molar-refractivity contribution is 0.476. The molecular weight excluding hydrogens is 340 g/mol. The number of aryl methyl sites for hydroxylation is 1. The lowest BCUT2D eigenvalue weighted by Gasteiger charge is -2.12. The minimum Gasteiger partial charge on any atom is -0.313 e. The summed E-state index contributed by atoms with van der Waals surface area (Å²) in [5, 5.41) is 15.9. The van der Waals surface area contributed by atoms with Crippen LogP contribution >= 0.6 is 11.8 Å². The van der Waals surface area contributed by atoms with Crippen molar-refractivity contribution in [2.45, 2.75) is 44.9 Å². The fourth-order valence-corrected chi connectivity index (χ4v) is 3.68. The molecule has 0 bridgehead atoms. The Morgan fingerprint density at radius 3 is 2.65 bits per heavy atom. The van der Waals surface area contributed by atoms with Gasteiger partial charge in [0.1, 0.15) is 5.82 Å². The van der Waals surface area contributed by atoms with Crippen LogP contribution in [0, 0.1) is 5.92 Å². The molecule has 0 saturated heterocycles. The largest absolute Gasteiger partial charge is 0.313 e. The number of nitrogens with one attached hydrogen (secondary N) is 1. The molecule has 4 nitrogen and oxygen atoms in total. The number of fused-ring (bicyclic) bond motifs is 1. The van der Waals surface area contributed by atoms with Gasteiger partial charge < -0.3 is 9.88 Å². The molecule has 0 unspecified atom stereocenters. The predicted molar refractivity (Wildman–Crippen MR) is 111 cm³/mol. The maximum atomic E-state index is 4.39. The van der Waals surface area contributed by atoms with Crippen LogP contribution in [0.15, 0.2) is 47.6 Å². The van der Waals surface area contributed by atoms with Crippen molar-refractivity contribution in [3.8, 4) is 0 Å². The first-order valence-electron chi connectivity index (χ1n) is 9.32. The molecule has 0 fully saturated rings. The molecule has 0 aliphatic rings. The zero-order chi connectivity index (χ0) is 18.4. The molecule has 1 heterocycles. The minimum atomic E-state index is 0.599. The molecule has 138 valence electrons. The van der Waals surface area contributed by atoms with Gasteiger partial charge in [-0.2, -0.15) is 0 Å². The molecular formula is C21H28N4S. The highest BCUT2D eigenvalue weighted by Gasteiger charge is 2.12. The minimum absolute atomic E-state index is 0.599. The van der Waals surface area contributed by atoms with Crippen molar-refractivity contribution in [3.63, 3.8) is 0 Å². The van der Waals surface area contributed by atoms with E-state index in [1.165, 1.54) is 16.3 Å². The third kappa shape index (κ3) is 4.86. The third-order valence-electron chi connectivity index (χ3n) is 4.42. The summed E-state index contributed by atoms with van der Waals surface area (Å²) in [4.78, 5) is 0. The summed E-state index contributed by atoms with van der Waals surface area (Å²) in [6.45, 7) is 7.34. The molecule has 5 heteroatoms. The molecule has 26 heavy (non-hydrogen) atoms. The first-order valence-corrected chi connectivity index (χ1v) is 10.5. The van der Waals surface area contributed by atoms with Crippen molar-refractivity contribution in [2.75, 3.05) is 12.8 Å². The topological polar surface area (TPSA) is 42.7 Å². The number of hydrogen-bond donors (Lipinski definition) is 1. The van der Waals surface area contributed by atoms with Crippen molar-refractivity contribution >= 4 is 22.5 Å². The van der Waals surface area contributed by atoms with Gasteiger partial charge in [-0.05, 0) is 47.5 Å². The van der Waals surface area contributed by atoms with E-state index < -0.39 is 0 Å². The number of rotatable bonds is 9. The number of aromatic nitrogens is 3. The zero-order valence-corrected chi connectivity index (χ0v) is 16.7. The van der Waals surface area contributed by atoms with E-state index in [2.05, 4.69) is 82.6 Å². The van der Waals surface area contributed by atoms with Gasteiger partial charge in [0.25, 0.3) is 0 Å². The van der Waals surface area contributed by atoms with Crippen LogP contribution in [-0.2, 0) is 19.5 Å². The van der Waals surface area contributed by atoms with Gasteiger partial charge in [-0.15, -0.1) is 10.2 Å². The van der Waals surface area contributed by atoms with Gasteiger partial charge in [-0.25, -0.2) is 0 Å². The van der Waals surface area contributed by atoms with Crippen LogP contribution in [0.25, 0.3) is 10.8 Å². The van der Waals surface area contributed by atoms with Crippen LogP contribution in [0.3, 0.4) is 0 Å². The van der Waals surface area contributed by atoms with Crippen LogP contribution < -0.4 is 5.32 Å². The van der Waals surface area contributed by atoms with Gasteiger partial charge in [-0.3, -0.25) is 0 Å². The molecule has 0 aliphatic carbocycles. The number of thioether (sulfide) groups is 1. The molecule has 1 aromatic heterocycles. The Hall–Kier alpha value is -1.85. The molecule has 3 rings (SSSR count). The maximum absolute atomic E-state index is 4.39. The van der Waals surface area contributed by atoms with Crippen molar-refractivity contribution in [3.05, 3.63) is 53.9 Å². The Morgan fingerprint density at radius 2 is 1.88 bits per heavy atom. The van der Waals surface area contributed by atoms with Crippen LogP contribution in [-0.4, -0.2) is 27.6 Å². The van der Waals surface area contributed by atoms with Crippen molar-refractivity contribution in [1.29, 1.82) is 0 Å². The van der Waals surface area contributed by atoms with Crippen LogP contribution in [0.1, 0.15) is 31.7 Å². The number of nitrogens with zero attached hydrogens (tertiary/aromatic N) is 3. The highest BCUT2D eigenvalue weighted by atomic mass is 32.2. The van der Waals surface area contributed by atoms with E-state index in [4.69, 9.17) is 0 Å². The van der Waals surface area contributed by atoms with E-state index in [-0.39, 0.29) is 0 Å². The molecule has 1 N–H and O–H groups in total. The van der Waals surface area contributed by atoms with E-state index in [1.807, 2.05) is 0 Å². The zero-order valence-electron chi connectivity index (χ0n) is 15.9. The second-order valence-electron chi connectivity index (χ2n) is 7.07. The summed E-state index contributed by atoms with van der Waals surface area (Å²) >= 11 is 1.67. The first kappa shape index (κ1) is 18.9. The van der Waals surface area contributed by atoms with E-state index in [1.54, 1.807) is 11.8 Å². The van der Waals surface area contributed by atoms with Crippen molar-refractivity contribution in [1.82, 2.24) is 20.1 Å². The summed E-state index contributed by atoms with van der Waals surface area (Å²) in [5.74, 6) is 1.71. The quantitative estimate of drug-likeness (QED) is 0.445. The molecule has 0 amide bonds. The van der Waals surface area contributed by atoms with E-state index in [0.29, 0.717) is 5.92 Å². The highest BCUT2D eigenvalue weighted by Crippen LogP contribution is 2.17. The lowest BCUT2D eigenvalue weighted by Crippen LogP contribution is -2.17. The Labute approximate surface area is 160 Å². The summed E-state index contributed by atoms with van der Waals surface area (Å²) < 4.78 is 2.28. The van der Waals surface area contributed by atoms with Gasteiger partial charge in [0.05, 0.1) is 0 Å². The Bertz CT molecular complexity index is 841. The molecule has 0 saturated carbocycles. The SMILES string of the molecule is CSc1nnc(CCCNCc2ccc3ccccc3c2)n1CC(C)C. The second kappa shape index (κ2) is 9.19. The van der Waals surface area contributed by atoms with E-state index in [9.17, 15) is 0 Å². The number of benzene rings is 2. The highest BCUT2D eigenvalue weighted by molar-refractivity contribution is 7.98. The van der Waals surface area contributed by atoms with Gasteiger partial charge in [0, 0.05) is 19.5 Å². The Kier molecular flexibility index (Phi) is 6.69. The van der Waals surface area contributed by atoms with Crippen molar-refractivity contribution in [2.24, 2.45) is 5.92 Å². The molecule has 3 aromatic rings. The summed E-state index contributed by atoms with van der Waals surface area (Å²) in [7, 11) is 0. The second-order valence-corrected chi connectivity index (χ2v) is 7.84. The molecule has 0 radical (unpaired) electrons. The predicted octanol–water partition coefficient (Wildman–Crippen LogP) is 4.53. The average Bonchev–Trinajstić information content (AvgIpc) is 3.02. The molecule has 2 aromatic carbocycles. The fourth-order valence-electron chi connectivity index (χ4n) is 3.16. The average molecular weight is 369 g/mol. The molecule has 0 aliphatic heterocycles. The summed E-state index contributed by atoms with van der Waals surface area (Å²) in [6, 6.07) is 15.2. The van der Waals surface area contributed by atoms with Gasteiger partial charge in [0.15, 0.2) is 5.16 Å². The smallest absolute Gasteiger partial charge is 0.190 e. The van der Waals surface area contributed by atoms with Gasteiger partial charge >= 0.3 is 0 Å². The van der Waals surface area contributed by atoms with E-state index >= 15 is 0 Å². The normalized spacial score (nSPS) is 11.5. The Balaban J connectivity index is 1.49. The van der Waals surface area contributed by atoms with Gasteiger partial charge in [-0.1, -0.05) is 62.0 Å². The van der Waals surface area contributed by atoms with Gasteiger partial charge in [0.2, 0.25) is 0 Å². The fraction of sp³-hybridized carbons (Fsp3) is 0.429. The maximum Gasteiger partial charge on any atom is 0.190 e. The standard InChI is InChI=1S/C21H28N4S/c1-16(2)15-25-20(23-24-21(25)26-3)9-6-12-22-14-17-10-11-18-7-4-5-8-19(18)13-17/h4-5,7-8,10-11,13,16,22H,6,9,12,14-15H2,1-3H3. The van der Waals surface area contributed by atoms with E-state index in [0.717, 1.165) is 43.5 Å². The lowest BCUT2D eigenvalue weighted by atomic mass is 10.1. The van der Waals surface area contributed by atoms with Crippen LogP contribution in [0.4, 0.5) is 0 Å². The first-order chi connectivity index (χ1) is 12.7. The van der Waals surface area contributed by atoms with Crippen LogP contribution in [0.5, 0.6) is 0 Å². The molecule has 0 spiro atoms. The monoisotopic (exact) mass is 368 g/mol. The Morgan fingerprint density at radius 1 is 1.08 bits per heavy atom. The third-order valence-corrected chi connectivity index (χ3v) is 5.09. The van der Waals surface area contributed by atoms with Crippen LogP contribution in [0.2, 0.25) is 0 Å². The molecule has 0 atom stereocenters.